The van der Waals surface area contributed by atoms with Gasteiger partial charge in [0.1, 0.15) is 0 Å². The molecule has 6 heteroatoms. The van der Waals surface area contributed by atoms with Crippen LogP contribution in [0.3, 0.4) is 0 Å². The van der Waals surface area contributed by atoms with E-state index in [4.69, 9.17) is 4.74 Å². The molecule has 1 saturated heterocycles. The highest BCUT2D eigenvalue weighted by atomic mass is 16.5. The number of aryl methyl sites for hydroxylation is 2. The smallest absolute Gasteiger partial charge is 0.310 e. The van der Waals surface area contributed by atoms with Gasteiger partial charge in [-0.1, -0.05) is 0 Å². The molecule has 0 aromatic carbocycles. The van der Waals surface area contributed by atoms with E-state index >= 15 is 0 Å². The van der Waals surface area contributed by atoms with Crippen LogP contribution in [0.15, 0.2) is 0 Å². The molecule has 1 aliphatic heterocycles. The number of aromatic nitrogens is 2. The number of esters is 1. The third kappa shape index (κ3) is 3.09. The van der Waals surface area contributed by atoms with E-state index in [0.29, 0.717) is 25.3 Å². The monoisotopic (exact) mass is 293 g/mol. The largest absolute Gasteiger partial charge is 0.466 e. The van der Waals surface area contributed by atoms with Gasteiger partial charge in [-0.3, -0.25) is 14.3 Å². The fraction of sp³-hybridized carbons (Fsp3) is 0.667. The fourth-order valence-corrected chi connectivity index (χ4v) is 2.86. The zero-order chi connectivity index (χ0) is 15.6. The number of likely N-dealkylation sites (tertiary alicyclic amines) is 1. The van der Waals surface area contributed by atoms with E-state index in [9.17, 15) is 9.59 Å². The molecule has 1 atom stereocenters. The first-order chi connectivity index (χ1) is 9.95. The maximum absolute atomic E-state index is 12.7. The molecule has 0 saturated carbocycles. The number of nitrogens with zero attached hydrogens (tertiary/aromatic N) is 3. The lowest BCUT2D eigenvalue weighted by atomic mass is 9.97. The van der Waals surface area contributed by atoms with Crippen molar-refractivity contribution in [2.45, 2.75) is 33.6 Å². The molecule has 1 fully saturated rings. The molecule has 1 aliphatic rings. The summed E-state index contributed by atoms with van der Waals surface area (Å²) >= 11 is 0. The highest BCUT2D eigenvalue weighted by Gasteiger charge is 2.31. The minimum absolute atomic E-state index is 0.0351. The van der Waals surface area contributed by atoms with Gasteiger partial charge in [-0.15, -0.1) is 0 Å². The number of carbonyl (C=O) groups is 2. The van der Waals surface area contributed by atoms with Gasteiger partial charge in [0.05, 0.1) is 23.8 Å². The molecule has 2 heterocycles. The third-order valence-corrected chi connectivity index (χ3v) is 4.05. The van der Waals surface area contributed by atoms with Crippen LogP contribution in [0.5, 0.6) is 0 Å². The molecule has 6 nitrogen and oxygen atoms in total. The highest BCUT2D eigenvalue weighted by Crippen LogP contribution is 2.22. The number of rotatable bonds is 3. The third-order valence-electron chi connectivity index (χ3n) is 4.05. The van der Waals surface area contributed by atoms with Gasteiger partial charge in [0.2, 0.25) is 0 Å². The first kappa shape index (κ1) is 15.5. The van der Waals surface area contributed by atoms with Crippen molar-refractivity contribution in [3.05, 3.63) is 17.0 Å². The van der Waals surface area contributed by atoms with Gasteiger partial charge in [0, 0.05) is 25.8 Å². The Morgan fingerprint density at radius 1 is 1.38 bits per heavy atom. The van der Waals surface area contributed by atoms with Gasteiger partial charge < -0.3 is 9.64 Å². The SMILES string of the molecule is CCOC(=O)[C@@H]1CCCN(C(=O)c2c(C)nn(C)c2C)C1. The van der Waals surface area contributed by atoms with Gasteiger partial charge in [0.15, 0.2) is 0 Å². The molecule has 2 rings (SSSR count). The van der Waals surface area contributed by atoms with Crippen molar-refractivity contribution < 1.29 is 14.3 Å². The van der Waals surface area contributed by atoms with E-state index in [1.807, 2.05) is 20.9 Å². The van der Waals surface area contributed by atoms with Gasteiger partial charge in [-0.25, -0.2) is 0 Å². The second kappa shape index (κ2) is 6.28. The average molecular weight is 293 g/mol. The van der Waals surface area contributed by atoms with Gasteiger partial charge in [0.25, 0.3) is 5.91 Å². The van der Waals surface area contributed by atoms with Crippen LogP contribution in [0.2, 0.25) is 0 Å². The van der Waals surface area contributed by atoms with Crippen LogP contribution in [0, 0.1) is 19.8 Å². The predicted molar refractivity (Wildman–Crippen MR) is 77.9 cm³/mol. The second-order valence-electron chi connectivity index (χ2n) is 5.51. The Balaban J connectivity index is 2.14. The summed E-state index contributed by atoms with van der Waals surface area (Å²) in [4.78, 5) is 26.3. The Kier molecular flexibility index (Phi) is 4.65. The number of piperidine rings is 1. The van der Waals surface area contributed by atoms with Crippen molar-refractivity contribution in [2.24, 2.45) is 13.0 Å². The molecule has 116 valence electrons. The molecule has 0 aliphatic carbocycles. The molecule has 0 radical (unpaired) electrons. The van der Waals surface area contributed by atoms with Crippen molar-refractivity contribution in [3.8, 4) is 0 Å². The molecule has 1 amide bonds. The lowest BCUT2D eigenvalue weighted by Crippen LogP contribution is -2.43. The molecule has 1 aromatic rings. The molecule has 1 aromatic heterocycles. The van der Waals surface area contributed by atoms with Crippen LogP contribution in [0.1, 0.15) is 41.5 Å². The molecule has 0 spiro atoms. The zero-order valence-corrected chi connectivity index (χ0v) is 13.2. The minimum atomic E-state index is -0.208. The van der Waals surface area contributed by atoms with Crippen LogP contribution in [-0.2, 0) is 16.6 Å². The summed E-state index contributed by atoms with van der Waals surface area (Å²) in [5, 5.41) is 4.29. The average Bonchev–Trinajstić information content (AvgIpc) is 2.72. The van der Waals surface area contributed by atoms with Crippen molar-refractivity contribution in [1.82, 2.24) is 14.7 Å². The van der Waals surface area contributed by atoms with Crippen molar-refractivity contribution in [3.63, 3.8) is 0 Å². The highest BCUT2D eigenvalue weighted by molar-refractivity contribution is 5.96. The van der Waals surface area contributed by atoms with Crippen LogP contribution < -0.4 is 0 Å². The predicted octanol–water partition coefficient (Wildman–Crippen LogP) is 1.45. The number of hydrogen-bond acceptors (Lipinski definition) is 4. The van der Waals surface area contributed by atoms with E-state index in [1.54, 1.807) is 16.5 Å². The first-order valence-corrected chi connectivity index (χ1v) is 7.41. The number of ether oxygens (including phenoxy) is 1. The van der Waals surface area contributed by atoms with Crippen LogP contribution in [0.25, 0.3) is 0 Å². The molecular formula is C15H23N3O3. The Morgan fingerprint density at radius 3 is 2.67 bits per heavy atom. The Labute approximate surface area is 125 Å². The Morgan fingerprint density at radius 2 is 2.10 bits per heavy atom. The number of carbonyl (C=O) groups excluding carboxylic acids is 2. The first-order valence-electron chi connectivity index (χ1n) is 7.41. The van der Waals surface area contributed by atoms with Crippen molar-refractivity contribution in [1.29, 1.82) is 0 Å². The number of amides is 1. The second-order valence-corrected chi connectivity index (χ2v) is 5.51. The van der Waals surface area contributed by atoms with Gasteiger partial charge >= 0.3 is 5.97 Å². The number of hydrogen-bond donors (Lipinski definition) is 0. The normalized spacial score (nSPS) is 18.7. The van der Waals surface area contributed by atoms with Crippen molar-refractivity contribution in [2.75, 3.05) is 19.7 Å². The van der Waals surface area contributed by atoms with Crippen molar-refractivity contribution >= 4 is 11.9 Å². The quantitative estimate of drug-likeness (QED) is 0.791. The molecule has 21 heavy (non-hydrogen) atoms. The maximum Gasteiger partial charge on any atom is 0.310 e. The van der Waals surface area contributed by atoms with Gasteiger partial charge in [-0.2, -0.15) is 5.10 Å². The van der Waals surface area contributed by atoms with Crippen LogP contribution >= 0.6 is 0 Å². The summed E-state index contributed by atoms with van der Waals surface area (Å²) in [7, 11) is 1.83. The maximum atomic E-state index is 12.7. The van der Waals surface area contributed by atoms with E-state index in [2.05, 4.69) is 5.10 Å². The summed E-state index contributed by atoms with van der Waals surface area (Å²) in [5.74, 6) is -0.443. The Bertz CT molecular complexity index is 551. The van der Waals surface area contributed by atoms with E-state index in [-0.39, 0.29) is 17.8 Å². The standard InChI is InChI=1S/C15H23N3O3/c1-5-21-15(20)12-7-6-8-18(9-12)14(19)13-10(2)16-17(4)11(13)3/h12H,5-9H2,1-4H3/t12-/m1/s1. The molecule has 0 bridgehead atoms. The van der Waals surface area contributed by atoms with E-state index in [0.717, 1.165) is 24.2 Å². The summed E-state index contributed by atoms with van der Waals surface area (Å²) in [6, 6.07) is 0. The Hall–Kier alpha value is -1.85. The molecule has 0 N–H and O–H groups in total. The topological polar surface area (TPSA) is 64.4 Å². The molecule has 0 unspecified atom stereocenters. The van der Waals surface area contributed by atoms with Gasteiger partial charge in [-0.05, 0) is 33.6 Å². The summed E-state index contributed by atoms with van der Waals surface area (Å²) < 4.78 is 6.79. The minimum Gasteiger partial charge on any atom is -0.466 e. The van der Waals surface area contributed by atoms with E-state index in [1.165, 1.54) is 0 Å². The molecular weight excluding hydrogens is 270 g/mol. The lowest BCUT2D eigenvalue weighted by Gasteiger charge is -2.31. The summed E-state index contributed by atoms with van der Waals surface area (Å²) in [5.41, 5.74) is 2.25. The van der Waals surface area contributed by atoms with E-state index < -0.39 is 0 Å². The summed E-state index contributed by atoms with van der Waals surface area (Å²) in [6.45, 7) is 7.02. The van der Waals surface area contributed by atoms with Crippen LogP contribution in [-0.4, -0.2) is 46.3 Å². The zero-order valence-electron chi connectivity index (χ0n) is 13.2. The fourth-order valence-electron chi connectivity index (χ4n) is 2.86. The summed E-state index contributed by atoms with van der Waals surface area (Å²) in [6.07, 6.45) is 1.61. The van der Waals surface area contributed by atoms with Crippen LogP contribution in [0.4, 0.5) is 0 Å². The lowest BCUT2D eigenvalue weighted by molar-refractivity contribution is -0.149.